The second kappa shape index (κ2) is 9.71. The lowest BCUT2D eigenvalue weighted by Gasteiger charge is -1.85. The van der Waals surface area contributed by atoms with Gasteiger partial charge in [-0.05, 0) is 12.1 Å². The summed E-state index contributed by atoms with van der Waals surface area (Å²) in [6.45, 7) is 0. The van der Waals surface area contributed by atoms with Crippen molar-refractivity contribution in [2.24, 2.45) is 5.73 Å². The van der Waals surface area contributed by atoms with Gasteiger partial charge in [-0.3, -0.25) is 10.4 Å². The average molecular weight is 189 g/mol. The van der Waals surface area contributed by atoms with Crippen LogP contribution in [0.5, 0.6) is 0 Å². The Hall–Kier alpha value is -1.29. The molecule has 0 fully saturated rings. The Morgan fingerprint density at radius 2 is 1.75 bits per heavy atom. The molecule has 0 aliphatic heterocycles. The normalized spacial score (nSPS) is 6.75. The number of hydrogen-bond donors (Lipinski definition) is 3. The molecular weight excluding hydrogens is 176 g/mol. The molecule has 4 nitrogen and oxygen atoms in total. The van der Waals surface area contributed by atoms with Crippen molar-refractivity contribution in [1.29, 1.82) is 5.41 Å². The van der Waals surface area contributed by atoms with Crippen molar-refractivity contribution in [3.05, 3.63) is 30.6 Å². The van der Waals surface area contributed by atoms with Crippen LogP contribution in [0.1, 0.15) is 0 Å². The first kappa shape index (κ1) is 13.3. The lowest BCUT2D eigenvalue weighted by atomic mass is 10.5. The van der Waals surface area contributed by atoms with Crippen molar-refractivity contribution in [2.75, 3.05) is 7.05 Å². The Bertz CT molecular complexity index is 163. The van der Waals surface area contributed by atoms with Crippen LogP contribution in [0.4, 0.5) is 0 Å². The third-order valence-electron chi connectivity index (χ3n) is 0.836. The lowest BCUT2D eigenvalue weighted by molar-refractivity contribution is 1.12. The molecule has 0 radical (unpaired) electrons. The number of pyridine rings is 1. The molecule has 68 valence electrons. The Morgan fingerprint density at radius 1 is 1.33 bits per heavy atom. The Labute approximate surface area is 78.1 Å². The van der Waals surface area contributed by atoms with Gasteiger partial charge in [0.2, 0.25) is 0 Å². The Balaban J connectivity index is 0. The molecule has 5 heteroatoms. The first-order chi connectivity index (χ1) is 5.27. The highest BCUT2D eigenvalue weighted by atomic mass is 35.5. The van der Waals surface area contributed by atoms with Gasteiger partial charge in [0.05, 0.1) is 0 Å². The first-order valence-corrected chi connectivity index (χ1v) is 3.14. The maximum Gasteiger partial charge on any atom is 0.185 e. The molecule has 4 N–H and O–H groups in total. The SMILES string of the molecule is CNC(=N)N.Cl.c1ccncc1. The molecule has 0 aliphatic rings. The van der Waals surface area contributed by atoms with Crippen LogP contribution in [0.2, 0.25) is 0 Å². The van der Waals surface area contributed by atoms with Crippen LogP contribution in [0.3, 0.4) is 0 Å². The van der Waals surface area contributed by atoms with Gasteiger partial charge < -0.3 is 11.1 Å². The first-order valence-electron chi connectivity index (χ1n) is 3.14. The summed E-state index contributed by atoms with van der Waals surface area (Å²) in [6, 6.07) is 5.72. The topological polar surface area (TPSA) is 74.8 Å². The number of nitrogens with zero attached hydrogens (tertiary/aromatic N) is 1. The predicted octanol–water partition coefficient (Wildman–Crippen LogP) is 0.603. The molecule has 1 heterocycles. The number of guanidine groups is 1. The van der Waals surface area contributed by atoms with Gasteiger partial charge in [-0.1, -0.05) is 6.07 Å². The summed E-state index contributed by atoms with van der Waals surface area (Å²) >= 11 is 0. The smallest absolute Gasteiger partial charge is 0.185 e. The van der Waals surface area contributed by atoms with Gasteiger partial charge >= 0.3 is 0 Å². The van der Waals surface area contributed by atoms with E-state index in [1.165, 1.54) is 0 Å². The zero-order valence-electron chi connectivity index (χ0n) is 6.82. The molecule has 0 bridgehead atoms. The highest BCUT2D eigenvalue weighted by Crippen LogP contribution is 1.73. The molecule has 0 saturated heterocycles. The zero-order valence-corrected chi connectivity index (χ0v) is 7.64. The van der Waals surface area contributed by atoms with Crippen LogP contribution >= 0.6 is 12.4 Å². The van der Waals surface area contributed by atoms with Gasteiger partial charge in [0.1, 0.15) is 0 Å². The van der Waals surface area contributed by atoms with E-state index in [1.807, 2.05) is 18.2 Å². The van der Waals surface area contributed by atoms with E-state index in [0.717, 1.165) is 0 Å². The predicted molar refractivity (Wildman–Crippen MR) is 52.5 cm³/mol. The van der Waals surface area contributed by atoms with Crippen LogP contribution in [0, 0.1) is 5.41 Å². The fourth-order valence-electron chi connectivity index (χ4n) is 0.313. The summed E-state index contributed by atoms with van der Waals surface area (Å²) in [5.41, 5.74) is 4.76. The molecule has 0 amide bonds. The largest absolute Gasteiger partial charge is 0.370 e. The number of nitrogens with two attached hydrogens (primary N) is 1. The van der Waals surface area contributed by atoms with Crippen LogP contribution in [-0.4, -0.2) is 18.0 Å². The second-order valence-electron chi connectivity index (χ2n) is 1.69. The molecule has 0 aromatic carbocycles. The number of halogens is 1. The molecule has 1 aromatic heterocycles. The third-order valence-corrected chi connectivity index (χ3v) is 0.836. The van der Waals surface area contributed by atoms with E-state index < -0.39 is 0 Å². The van der Waals surface area contributed by atoms with Crippen molar-refractivity contribution < 1.29 is 0 Å². The number of nitrogens with one attached hydrogen (secondary N) is 2. The summed E-state index contributed by atoms with van der Waals surface area (Å²) in [6.07, 6.45) is 3.50. The van der Waals surface area contributed by atoms with Gasteiger partial charge in [-0.25, -0.2) is 0 Å². The fraction of sp³-hybridized carbons (Fsp3) is 0.143. The lowest BCUT2D eigenvalue weighted by Crippen LogP contribution is -2.25. The molecule has 0 aliphatic carbocycles. The molecule has 1 rings (SSSR count). The molecule has 1 aromatic rings. The van der Waals surface area contributed by atoms with Gasteiger partial charge in [-0.2, -0.15) is 0 Å². The van der Waals surface area contributed by atoms with Gasteiger partial charge in [0.15, 0.2) is 5.96 Å². The minimum Gasteiger partial charge on any atom is -0.370 e. The molecule has 0 spiro atoms. The number of aromatic nitrogens is 1. The van der Waals surface area contributed by atoms with E-state index in [1.54, 1.807) is 19.4 Å². The maximum absolute atomic E-state index is 6.41. The molecule has 0 saturated carbocycles. The van der Waals surface area contributed by atoms with Crippen molar-refractivity contribution in [2.45, 2.75) is 0 Å². The third kappa shape index (κ3) is 11.5. The highest BCUT2D eigenvalue weighted by Gasteiger charge is 1.65. The molecule has 12 heavy (non-hydrogen) atoms. The number of hydrogen-bond acceptors (Lipinski definition) is 2. The van der Waals surface area contributed by atoms with Crippen molar-refractivity contribution in [3.63, 3.8) is 0 Å². The molecular formula is C7H13ClN4. The maximum atomic E-state index is 6.41. The van der Waals surface area contributed by atoms with Gasteiger partial charge in [0.25, 0.3) is 0 Å². The van der Waals surface area contributed by atoms with E-state index in [-0.39, 0.29) is 18.4 Å². The average Bonchev–Trinajstić information content (AvgIpc) is 2.09. The van der Waals surface area contributed by atoms with Crippen LogP contribution in [-0.2, 0) is 0 Å². The summed E-state index contributed by atoms with van der Waals surface area (Å²) in [5, 5.41) is 8.80. The zero-order chi connectivity index (χ0) is 8.53. The minimum atomic E-state index is 0. The number of rotatable bonds is 0. The minimum absolute atomic E-state index is 0. The van der Waals surface area contributed by atoms with Crippen molar-refractivity contribution in [3.8, 4) is 0 Å². The standard InChI is InChI=1S/C5H5N.C2H7N3.ClH/c1-2-4-6-5-3-1;1-5-2(3)4;/h1-5H;1H3,(H4,3,4,5);1H. The van der Waals surface area contributed by atoms with E-state index in [9.17, 15) is 0 Å². The summed E-state index contributed by atoms with van der Waals surface area (Å²) < 4.78 is 0. The van der Waals surface area contributed by atoms with E-state index in [4.69, 9.17) is 11.1 Å². The van der Waals surface area contributed by atoms with E-state index >= 15 is 0 Å². The van der Waals surface area contributed by atoms with E-state index in [2.05, 4.69) is 10.3 Å². The summed E-state index contributed by atoms with van der Waals surface area (Å²) in [4.78, 5) is 3.78. The Morgan fingerprint density at radius 3 is 1.83 bits per heavy atom. The quantitative estimate of drug-likeness (QED) is 0.413. The van der Waals surface area contributed by atoms with Crippen molar-refractivity contribution in [1.82, 2.24) is 10.3 Å². The monoisotopic (exact) mass is 188 g/mol. The van der Waals surface area contributed by atoms with Gasteiger partial charge in [0, 0.05) is 19.4 Å². The van der Waals surface area contributed by atoms with Crippen molar-refractivity contribution >= 4 is 18.4 Å². The van der Waals surface area contributed by atoms with Gasteiger partial charge in [-0.15, -0.1) is 12.4 Å². The summed E-state index contributed by atoms with van der Waals surface area (Å²) in [7, 11) is 1.60. The molecule has 0 atom stereocenters. The van der Waals surface area contributed by atoms with Crippen LogP contribution < -0.4 is 11.1 Å². The second-order valence-corrected chi connectivity index (χ2v) is 1.69. The summed E-state index contributed by atoms with van der Waals surface area (Å²) in [5.74, 6) is 0.00463. The van der Waals surface area contributed by atoms with Crippen LogP contribution in [0.25, 0.3) is 0 Å². The van der Waals surface area contributed by atoms with E-state index in [0.29, 0.717) is 0 Å². The molecule has 0 unspecified atom stereocenters. The highest BCUT2D eigenvalue weighted by molar-refractivity contribution is 5.85. The Kier molecular flexibility index (Phi) is 10.8. The van der Waals surface area contributed by atoms with Crippen LogP contribution in [0.15, 0.2) is 30.6 Å². The fourth-order valence-corrected chi connectivity index (χ4v) is 0.313.